The van der Waals surface area contributed by atoms with Crippen LogP contribution in [-0.4, -0.2) is 56.4 Å². The van der Waals surface area contributed by atoms with E-state index in [-0.39, 0.29) is 0 Å². The largest absolute Gasteiger partial charge is 0.379 e. The van der Waals surface area contributed by atoms with Gasteiger partial charge in [-0.25, -0.2) is 0 Å². The van der Waals surface area contributed by atoms with Crippen molar-refractivity contribution in [1.82, 2.24) is 4.90 Å². The molecule has 0 bridgehead atoms. The molecule has 2 rings (SSSR count). The predicted octanol–water partition coefficient (Wildman–Crippen LogP) is 0.591. The molecule has 1 saturated carbocycles. The number of guanidine groups is 1. The highest BCUT2D eigenvalue weighted by atomic mass is 16.5. The van der Waals surface area contributed by atoms with Crippen LogP contribution >= 0.6 is 0 Å². The lowest BCUT2D eigenvalue weighted by Gasteiger charge is -2.16. The van der Waals surface area contributed by atoms with Crippen LogP contribution < -0.4 is 5.73 Å². The van der Waals surface area contributed by atoms with Gasteiger partial charge in [0.25, 0.3) is 0 Å². The summed E-state index contributed by atoms with van der Waals surface area (Å²) in [6, 6.07) is 0.630. The number of rotatable bonds is 6. The Morgan fingerprint density at radius 2 is 2.29 bits per heavy atom. The normalized spacial score (nSPS) is 25.2. The molecule has 2 N–H and O–H groups in total. The topological polar surface area (TPSA) is 60.1 Å². The van der Waals surface area contributed by atoms with Crippen LogP contribution in [0.2, 0.25) is 0 Å². The van der Waals surface area contributed by atoms with Crippen molar-refractivity contribution in [2.24, 2.45) is 10.7 Å². The first-order chi connectivity index (χ1) is 8.27. The number of ether oxygens (including phenoxy) is 2. The Labute approximate surface area is 103 Å². The van der Waals surface area contributed by atoms with Crippen LogP contribution in [0.4, 0.5) is 0 Å². The molecule has 2 aliphatic rings. The number of hydrogen-bond acceptors (Lipinski definition) is 3. The molecule has 5 nitrogen and oxygen atoms in total. The Balaban J connectivity index is 1.53. The molecule has 1 heterocycles. The van der Waals surface area contributed by atoms with Gasteiger partial charge in [-0.3, -0.25) is 4.99 Å². The van der Waals surface area contributed by atoms with Crippen molar-refractivity contribution < 1.29 is 9.47 Å². The Hall–Kier alpha value is -0.810. The zero-order valence-electron chi connectivity index (χ0n) is 10.6. The Bertz CT molecular complexity index is 260. The molecule has 1 aliphatic heterocycles. The summed E-state index contributed by atoms with van der Waals surface area (Å²) in [5.74, 6) is 0.664. The fraction of sp³-hybridized carbons (Fsp3) is 0.917. The maximum atomic E-state index is 5.88. The highest BCUT2D eigenvalue weighted by Crippen LogP contribution is 2.24. The highest BCUT2D eigenvalue weighted by Gasteiger charge is 2.27. The van der Waals surface area contributed by atoms with Crippen LogP contribution in [0, 0.1) is 0 Å². The summed E-state index contributed by atoms with van der Waals surface area (Å²) in [4.78, 5) is 6.43. The van der Waals surface area contributed by atoms with Gasteiger partial charge in [0.1, 0.15) is 0 Å². The fourth-order valence-electron chi connectivity index (χ4n) is 1.91. The van der Waals surface area contributed by atoms with Crippen LogP contribution in [-0.2, 0) is 9.47 Å². The molecule has 2 fully saturated rings. The van der Waals surface area contributed by atoms with Crippen LogP contribution in [0.25, 0.3) is 0 Å². The van der Waals surface area contributed by atoms with Crippen molar-refractivity contribution in [3.05, 3.63) is 0 Å². The molecule has 0 spiro atoms. The molecule has 1 aliphatic carbocycles. The van der Waals surface area contributed by atoms with Crippen LogP contribution in [0.1, 0.15) is 25.7 Å². The quantitative estimate of drug-likeness (QED) is 0.420. The fourth-order valence-corrected chi connectivity index (χ4v) is 1.91. The van der Waals surface area contributed by atoms with E-state index in [0.717, 1.165) is 39.2 Å². The molecule has 5 heteroatoms. The van der Waals surface area contributed by atoms with Gasteiger partial charge in [0, 0.05) is 32.8 Å². The molecular formula is C12H23N3O2. The van der Waals surface area contributed by atoms with E-state index in [1.165, 1.54) is 12.8 Å². The summed E-state index contributed by atoms with van der Waals surface area (Å²) in [5.41, 5.74) is 5.88. The number of nitrogens with zero attached hydrogens (tertiary/aromatic N) is 2. The summed E-state index contributed by atoms with van der Waals surface area (Å²) in [6.45, 7) is 3.08. The molecule has 0 radical (unpaired) electrons. The second kappa shape index (κ2) is 6.21. The SMILES string of the molecule is CN(C(N)=NCCCOC1CCOC1)C1CC1. The average molecular weight is 241 g/mol. The highest BCUT2D eigenvalue weighted by molar-refractivity contribution is 5.78. The summed E-state index contributed by atoms with van der Waals surface area (Å²) in [6.07, 6.45) is 4.74. The first-order valence-corrected chi connectivity index (χ1v) is 6.49. The zero-order valence-corrected chi connectivity index (χ0v) is 10.6. The number of hydrogen-bond donors (Lipinski definition) is 1. The van der Waals surface area contributed by atoms with E-state index in [4.69, 9.17) is 15.2 Å². The van der Waals surface area contributed by atoms with E-state index >= 15 is 0 Å². The number of nitrogens with two attached hydrogens (primary N) is 1. The van der Waals surface area contributed by atoms with Crippen LogP contribution in [0.5, 0.6) is 0 Å². The standard InChI is InChI=1S/C12H23N3O2/c1-15(10-3-4-10)12(13)14-6-2-7-17-11-5-8-16-9-11/h10-11H,2-9H2,1H3,(H2,13,14). The monoisotopic (exact) mass is 241 g/mol. The van der Waals surface area contributed by atoms with Gasteiger partial charge in [-0.1, -0.05) is 0 Å². The Morgan fingerprint density at radius 1 is 1.47 bits per heavy atom. The lowest BCUT2D eigenvalue weighted by atomic mass is 10.3. The molecule has 0 aromatic heterocycles. The van der Waals surface area contributed by atoms with Gasteiger partial charge >= 0.3 is 0 Å². The summed E-state index contributed by atoms with van der Waals surface area (Å²) < 4.78 is 10.9. The van der Waals surface area contributed by atoms with E-state index in [1.54, 1.807) is 0 Å². The minimum absolute atomic E-state index is 0.297. The minimum Gasteiger partial charge on any atom is -0.379 e. The molecule has 0 aromatic rings. The third-order valence-electron chi connectivity index (χ3n) is 3.27. The van der Waals surface area contributed by atoms with Crippen molar-refractivity contribution >= 4 is 5.96 Å². The van der Waals surface area contributed by atoms with Crippen LogP contribution in [0.15, 0.2) is 4.99 Å². The summed E-state index contributed by atoms with van der Waals surface area (Å²) in [7, 11) is 2.02. The van der Waals surface area contributed by atoms with Crippen molar-refractivity contribution in [1.29, 1.82) is 0 Å². The van der Waals surface area contributed by atoms with Gasteiger partial charge in [-0.05, 0) is 25.7 Å². The molecular weight excluding hydrogens is 218 g/mol. The maximum Gasteiger partial charge on any atom is 0.191 e. The third kappa shape index (κ3) is 4.16. The van der Waals surface area contributed by atoms with Gasteiger partial charge < -0.3 is 20.1 Å². The molecule has 1 unspecified atom stereocenters. The molecule has 0 aromatic carbocycles. The lowest BCUT2D eigenvalue weighted by molar-refractivity contribution is 0.0424. The molecule has 0 amide bonds. The van der Waals surface area contributed by atoms with Gasteiger partial charge in [-0.2, -0.15) is 0 Å². The first kappa shape index (κ1) is 12.6. The van der Waals surface area contributed by atoms with E-state index in [2.05, 4.69) is 9.89 Å². The Morgan fingerprint density at radius 3 is 2.94 bits per heavy atom. The molecule has 98 valence electrons. The summed E-state index contributed by atoms with van der Waals surface area (Å²) in [5, 5.41) is 0. The van der Waals surface area contributed by atoms with Crippen molar-refractivity contribution in [3.63, 3.8) is 0 Å². The molecule has 1 saturated heterocycles. The van der Waals surface area contributed by atoms with Gasteiger partial charge in [0.05, 0.1) is 12.7 Å². The van der Waals surface area contributed by atoms with Gasteiger partial charge in [0.2, 0.25) is 0 Å². The third-order valence-corrected chi connectivity index (χ3v) is 3.27. The second-order valence-electron chi connectivity index (χ2n) is 4.79. The minimum atomic E-state index is 0.297. The van der Waals surface area contributed by atoms with Crippen molar-refractivity contribution in [2.75, 3.05) is 33.4 Å². The van der Waals surface area contributed by atoms with Gasteiger partial charge in [0.15, 0.2) is 5.96 Å². The molecule has 17 heavy (non-hydrogen) atoms. The molecule has 1 atom stereocenters. The smallest absolute Gasteiger partial charge is 0.191 e. The maximum absolute atomic E-state index is 5.88. The first-order valence-electron chi connectivity index (χ1n) is 6.49. The van der Waals surface area contributed by atoms with Crippen molar-refractivity contribution in [3.8, 4) is 0 Å². The zero-order chi connectivity index (χ0) is 12.1. The Kier molecular flexibility index (Phi) is 4.62. The summed E-state index contributed by atoms with van der Waals surface area (Å²) >= 11 is 0. The lowest BCUT2D eigenvalue weighted by Crippen LogP contribution is -2.35. The van der Waals surface area contributed by atoms with E-state index < -0.39 is 0 Å². The number of aliphatic imine (C=N–C) groups is 1. The van der Waals surface area contributed by atoms with Crippen molar-refractivity contribution in [2.45, 2.75) is 37.8 Å². The average Bonchev–Trinajstić information content (AvgIpc) is 3.05. The van der Waals surface area contributed by atoms with E-state index in [9.17, 15) is 0 Å². The van der Waals surface area contributed by atoms with Gasteiger partial charge in [-0.15, -0.1) is 0 Å². The predicted molar refractivity (Wildman–Crippen MR) is 67.1 cm³/mol. The van der Waals surface area contributed by atoms with E-state index in [0.29, 0.717) is 18.1 Å². The van der Waals surface area contributed by atoms with E-state index in [1.807, 2.05) is 7.05 Å². The van der Waals surface area contributed by atoms with Crippen LogP contribution in [0.3, 0.4) is 0 Å². The second-order valence-corrected chi connectivity index (χ2v) is 4.79.